The van der Waals surface area contributed by atoms with Gasteiger partial charge < -0.3 is 10.6 Å². The van der Waals surface area contributed by atoms with Gasteiger partial charge in [-0.1, -0.05) is 103 Å². The fraction of sp³-hybridized carbons (Fsp3) is 0.256. The van der Waals surface area contributed by atoms with Crippen molar-refractivity contribution in [1.82, 2.24) is 0 Å². The van der Waals surface area contributed by atoms with E-state index in [0.717, 1.165) is 36.9 Å². The zero-order chi connectivity index (χ0) is 32.3. The van der Waals surface area contributed by atoms with E-state index in [0.29, 0.717) is 0 Å². The van der Waals surface area contributed by atoms with Crippen LogP contribution in [0, 0.1) is 20.8 Å². The van der Waals surface area contributed by atoms with Crippen molar-refractivity contribution in [1.29, 1.82) is 0 Å². The topological polar surface area (TPSA) is 29.3 Å². The number of aryl methyl sites for hydroxylation is 3. The molecule has 0 fully saturated rings. The van der Waals surface area contributed by atoms with E-state index in [-0.39, 0.29) is 5.41 Å². The van der Waals surface area contributed by atoms with E-state index in [2.05, 4.69) is 145 Å². The molecule has 4 aromatic rings. The highest BCUT2D eigenvalue weighted by Crippen LogP contribution is 2.54. The van der Waals surface area contributed by atoms with Gasteiger partial charge in [-0.15, -0.1) is 0 Å². The molecule has 46 heavy (non-hydrogen) atoms. The predicted molar refractivity (Wildman–Crippen MR) is 202 cm³/mol. The molecule has 7 rings (SSSR count). The van der Waals surface area contributed by atoms with Crippen LogP contribution in [0.3, 0.4) is 0 Å². The zero-order valence-electron chi connectivity index (χ0n) is 28.5. The van der Waals surface area contributed by atoms with Crippen LogP contribution in [0.1, 0.15) is 74.3 Å². The first-order valence-corrected chi connectivity index (χ1v) is 16.9. The SMILES string of the molecule is Bc1cccc2c1N(c1cc(C)cc(-c3c(N)ccc(C)c3C3=C(C)CCC=C3)c1-c1ccc(C)cc1)C1=C(CCC=C1)C2(C)C. The third-order valence-corrected chi connectivity index (χ3v) is 10.5. The molecule has 0 aromatic heterocycles. The first-order valence-electron chi connectivity index (χ1n) is 16.9. The molecule has 1 aliphatic heterocycles. The Labute approximate surface area is 276 Å². The summed E-state index contributed by atoms with van der Waals surface area (Å²) >= 11 is 0. The number of hydrogen-bond donors (Lipinski definition) is 1. The number of allylic oxidation sites excluding steroid dienone is 7. The van der Waals surface area contributed by atoms with Gasteiger partial charge in [-0.25, -0.2) is 0 Å². The molecule has 2 nitrogen and oxygen atoms in total. The van der Waals surface area contributed by atoms with Crippen molar-refractivity contribution in [3.05, 3.63) is 136 Å². The average molecular weight is 601 g/mol. The maximum Gasteiger partial charge on any atom is 0.142 e. The molecule has 4 aromatic carbocycles. The van der Waals surface area contributed by atoms with Crippen LogP contribution in [0.2, 0.25) is 0 Å². The van der Waals surface area contributed by atoms with Crippen molar-refractivity contribution in [3.63, 3.8) is 0 Å². The smallest absolute Gasteiger partial charge is 0.142 e. The molecule has 0 amide bonds. The molecule has 0 saturated heterocycles. The standard InChI is InChI=1S/C43H45BN2/c1-26-18-21-30(22-19-26)40-32(41-36(45)23-20-29(4)39(41)31-13-8-7-12-28(31)3)24-27(2)25-38(40)46-37-17-10-9-14-33(37)43(5,6)34-15-11-16-35(44)42(34)46/h8,10-11,13,15-25H,7,9,12,14,44-45H2,1-6H3. The monoisotopic (exact) mass is 600 g/mol. The minimum Gasteiger partial charge on any atom is -0.398 e. The molecule has 0 radical (unpaired) electrons. The summed E-state index contributed by atoms with van der Waals surface area (Å²) in [6.45, 7) is 13.7. The van der Waals surface area contributed by atoms with Crippen molar-refractivity contribution in [2.75, 3.05) is 10.6 Å². The van der Waals surface area contributed by atoms with Gasteiger partial charge in [-0.05, 0) is 116 Å². The number of nitrogen functional groups attached to an aromatic ring is 1. The molecule has 3 heteroatoms. The lowest BCUT2D eigenvalue weighted by molar-refractivity contribution is 0.571. The predicted octanol–water partition coefficient (Wildman–Crippen LogP) is 9.94. The van der Waals surface area contributed by atoms with Crippen LogP contribution >= 0.6 is 0 Å². The van der Waals surface area contributed by atoms with Crippen LogP contribution in [0.5, 0.6) is 0 Å². The molecule has 2 N–H and O–H groups in total. The van der Waals surface area contributed by atoms with Crippen LogP contribution < -0.4 is 16.1 Å². The minimum absolute atomic E-state index is 0.0555. The lowest BCUT2D eigenvalue weighted by Gasteiger charge is -2.46. The number of nitrogens with zero attached hydrogens (tertiary/aromatic N) is 1. The van der Waals surface area contributed by atoms with Gasteiger partial charge in [0.15, 0.2) is 0 Å². The molecule has 0 atom stereocenters. The van der Waals surface area contributed by atoms with Crippen molar-refractivity contribution >= 4 is 35.9 Å². The number of nitrogens with two attached hydrogens (primary N) is 1. The van der Waals surface area contributed by atoms with E-state index >= 15 is 0 Å². The van der Waals surface area contributed by atoms with Gasteiger partial charge in [-0.2, -0.15) is 0 Å². The van der Waals surface area contributed by atoms with E-state index in [1.54, 1.807) is 0 Å². The Bertz CT molecular complexity index is 2020. The molecule has 1 heterocycles. The van der Waals surface area contributed by atoms with Crippen LogP contribution in [0.15, 0.2) is 108 Å². The van der Waals surface area contributed by atoms with Gasteiger partial charge in [0.2, 0.25) is 0 Å². The number of anilines is 3. The summed E-state index contributed by atoms with van der Waals surface area (Å²) in [7, 11) is 2.27. The summed E-state index contributed by atoms with van der Waals surface area (Å²) in [6, 6.07) is 25.0. The van der Waals surface area contributed by atoms with Crippen LogP contribution in [0.25, 0.3) is 27.8 Å². The van der Waals surface area contributed by atoms with Gasteiger partial charge in [0.25, 0.3) is 0 Å². The molecular formula is C43H45BN2. The number of para-hydroxylation sites is 1. The molecule has 3 aliphatic rings. The molecular weight excluding hydrogens is 555 g/mol. The molecule has 0 saturated carbocycles. The fourth-order valence-corrected chi connectivity index (χ4v) is 8.09. The highest BCUT2D eigenvalue weighted by Gasteiger charge is 2.40. The Morgan fingerprint density at radius 1 is 0.761 bits per heavy atom. The second-order valence-electron chi connectivity index (χ2n) is 14.2. The summed E-state index contributed by atoms with van der Waals surface area (Å²) in [5.74, 6) is 0. The van der Waals surface area contributed by atoms with E-state index in [9.17, 15) is 0 Å². The normalized spacial score (nSPS) is 17.0. The lowest BCUT2D eigenvalue weighted by Crippen LogP contribution is -2.38. The summed E-state index contributed by atoms with van der Waals surface area (Å²) in [4.78, 5) is 2.59. The third-order valence-electron chi connectivity index (χ3n) is 10.5. The van der Waals surface area contributed by atoms with Crippen LogP contribution in [0.4, 0.5) is 17.1 Å². The summed E-state index contributed by atoms with van der Waals surface area (Å²) < 4.78 is 0. The zero-order valence-corrected chi connectivity index (χ0v) is 28.5. The fourth-order valence-electron chi connectivity index (χ4n) is 8.09. The maximum atomic E-state index is 7.09. The number of hydrogen-bond acceptors (Lipinski definition) is 2. The van der Waals surface area contributed by atoms with Gasteiger partial charge in [-0.3, -0.25) is 0 Å². The van der Waals surface area contributed by atoms with E-state index < -0.39 is 0 Å². The van der Waals surface area contributed by atoms with Gasteiger partial charge in [0, 0.05) is 33.6 Å². The lowest BCUT2D eigenvalue weighted by atomic mass is 9.68. The average Bonchev–Trinajstić information content (AvgIpc) is 3.03. The molecule has 230 valence electrons. The molecule has 0 bridgehead atoms. The van der Waals surface area contributed by atoms with Crippen molar-refractivity contribution in [3.8, 4) is 22.3 Å². The molecule has 0 spiro atoms. The van der Waals surface area contributed by atoms with E-state index in [1.807, 2.05) is 0 Å². The Morgan fingerprint density at radius 3 is 2.26 bits per heavy atom. The first kappa shape index (κ1) is 30.2. The Hall–Kier alpha value is -4.50. The third kappa shape index (κ3) is 4.80. The van der Waals surface area contributed by atoms with Crippen molar-refractivity contribution in [2.45, 2.75) is 72.6 Å². The van der Waals surface area contributed by atoms with Crippen molar-refractivity contribution < 1.29 is 0 Å². The largest absolute Gasteiger partial charge is 0.398 e. The Morgan fingerprint density at radius 2 is 1.50 bits per heavy atom. The van der Waals surface area contributed by atoms with Gasteiger partial charge in [0.1, 0.15) is 7.85 Å². The Kier molecular flexibility index (Phi) is 7.47. The second-order valence-corrected chi connectivity index (χ2v) is 14.2. The van der Waals surface area contributed by atoms with Crippen LogP contribution in [-0.2, 0) is 5.41 Å². The highest BCUT2D eigenvalue weighted by atomic mass is 15.2. The maximum absolute atomic E-state index is 7.09. The highest BCUT2D eigenvalue weighted by molar-refractivity contribution is 6.36. The summed E-state index contributed by atoms with van der Waals surface area (Å²) in [5.41, 5.74) is 28.3. The van der Waals surface area contributed by atoms with Crippen molar-refractivity contribution in [2.24, 2.45) is 0 Å². The Balaban J connectivity index is 1.63. The number of benzene rings is 4. The van der Waals surface area contributed by atoms with Gasteiger partial charge in [0.05, 0.1) is 5.69 Å². The summed E-state index contributed by atoms with van der Waals surface area (Å²) in [6.07, 6.45) is 13.7. The van der Waals surface area contributed by atoms with Gasteiger partial charge >= 0.3 is 0 Å². The quantitative estimate of drug-likeness (QED) is 0.187. The summed E-state index contributed by atoms with van der Waals surface area (Å²) in [5, 5.41) is 0. The second kappa shape index (κ2) is 11.4. The molecule has 2 aliphatic carbocycles. The first-order chi connectivity index (χ1) is 22.1. The number of rotatable bonds is 4. The molecule has 0 unspecified atom stereocenters. The number of fused-ring (bicyclic) bond motifs is 1. The van der Waals surface area contributed by atoms with Crippen LogP contribution in [-0.4, -0.2) is 7.85 Å². The van der Waals surface area contributed by atoms with E-state index in [4.69, 9.17) is 5.73 Å². The minimum atomic E-state index is -0.0555. The van der Waals surface area contributed by atoms with E-state index in [1.165, 1.54) is 83.8 Å².